The maximum atomic E-state index is 14.0. The van der Waals surface area contributed by atoms with Crippen molar-refractivity contribution >= 4 is 34.8 Å². The van der Waals surface area contributed by atoms with E-state index in [2.05, 4.69) is 5.32 Å². The molecule has 3 rings (SSSR count). The van der Waals surface area contributed by atoms with Crippen LogP contribution in [0.3, 0.4) is 0 Å². The van der Waals surface area contributed by atoms with Crippen molar-refractivity contribution in [3.63, 3.8) is 0 Å². The molecule has 124 valence electrons. The van der Waals surface area contributed by atoms with Crippen molar-refractivity contribution in [2.75, 3.05) is 0 Å². The Morgan fingerprint density at radius 3 is 2.68 bits per heavy atom. The number of benzene rings is 2. The molecule has 0 bridgehead atoms. The highest BCUT2D eigenvalue weighted by molar-refractivity contribution is 8.06. The number of nitrogens with zero attached hydrogens (tertiary/aromatic N) is 1. The molecule has 0 amide bonds. The lowest BCUT2D eigenvalue weighted by Gasteiger charge is -2.10. The molecule has 25 heavy (non-hydrogen) atoms. The van der Waals surface area contributed by atoms with Gasteiger partial charge in [0, 0.05) is 11.0 Å². The first-order chi connectivity index (χ1) is 12.0. The van der Waals surface area contributed by atoms with Crippen molar-refractivity contribution in [1.29, 1.82) is 5.26 Å². The van der Waals surface area contributed by atoms with E-state index in [0.717, 1.165) is 22.9 Å². The van der Waals surface area contributed by atoms with Gasteiger partial charge in [-0.15, -0.1) is 0 Å². The molecule has 1 N–H and O–H groups in total. The normalized spacial score (nSPS) is 15.2. The second-order valence-electron chi connectivity index (χ2n) is 5.33. The third-order valence-electron chi connectivity index (χ3n) is 3.73. The van der Waals surface area contributed by atoms with Crippen LogP contribution in [0.4, 0.5) is 4.39 Å². The van der Waals surface area contributed by atoms with E-state index in [1.54, 1.807) is 0 Å². The van der Waals surface area contributed by atoms with Gasteiger partial charge >= 0.3 is 0 Å². The second kappa shape index (κ2) is 7.14. The summed E-state index contributed by atoms with van der Waals surface area (Å²) in [6, 6.07) is 13.6. The van der Waals surface area contributed by atoms with Crippen molar-refractivity contribution in [2.45, 2.75) is 6.92 Å². The standard InChI is InChI=1S/C19H12ClFN2OS/c1-11-5-2-3-6-12(11)16-10-25-19(23-16)13(9-22)18(24)17-14(20)7-4-8-15(17)21/h2-8,10,23H,1H3/b19-13+. The number of hydrogen-bond donors (Lipinski definition) is 1. The Hall–Kier alpha value is -2.55. The lowest BCUT2D eigenvalue weighted by Crippen LogP contribution is -2.13. The summed E-state index contributed by atoms with van der Waals surface area (Å²) in [5.74, 6) is -1.49. The van der Waals surface area contributed by atoms with Crippen LogP contribution in [0, 0.1) is 24.1 Å². The first kappa shape index (κ1) is 17.3. The van der Waals surface area contributed by atoms with E-state index in [4.69, 9.17) is 11.6 Å². The first-order valence-electron chi connectivity index (χ1n) is 7.36. The zero-order valence-corrected chi connectivity index (χ0v) is 14.7. The molecular formula is C19H12ClFN2OS. The number of carbonyl (C=O) groups excluding carboxylic acids is 1. The van der Waals surface area contributed by atoms with Gasteiger partial charge in [-0.1, -0.05) is 53.7 Å². The van der Waals surface area contributed by atoms with Gasteiger partial charge in [-0.05, 0) is 24.6 Å². The molecular weight excluding hydrogens is 359 g/mol. The number of halogens is 2. The molecule has 0 aliphatic carbocycles. The van der Waals surface area contributed by atoms with Crippen LogP contribution in [0.15, 0.2) is 58.5 Å². The number of thioether (sulfide) groups is 1. The minimum atomic E-state index is -0.749. The summed E-state index contributed by atoms with van der Waals surface area (Å²) in [5, 5.41) is 14.7. The van der Waals surface area contributed by atoms with Crippen LogP contribution >= 0.6 is 23.4 Å². The van der Waals surface area contributed by atoms with Crippen molar-refractivity contribution in [2.24, 2.45) is 0 Å². The summed E-state index contributed by atoms with van der Waals surface area (Å²) >= 11 is 7.16. The average Bonchev–Trinajstić information content (AvgIpc) is 3.05. The summed E-state index contributed by atoms with van der Waals surface area (Å²) in [5.41, 5.74) is 2.36. The Balaban J connectivity index is 1.96. The van der Waals surface area contributed by atoms with E-state index in [1.165, 1.54) is 23.9 Å². The van der Waals surface area contributed by atoms with Crippen LogP contribution in [0.2, 0.25) is 5.02 Å². The Bertz CT molecular complexity index is 955. The van der Waals surface area contributed by atoms with E-state index < -0.39 is 11.6 Å². The number of carbonyl (C=O) groups is 1. The van der Waals surface area contributed by atoms with Gasteiger partial charge in [0.2, 0.25) is 5.78 Å². The predicted molar refractivity (Wildman–Crippen MR) is 98.3 cm³/mol. The van der Waals surface area contributed by atoms with E-state index in [9.17, 15) is 14.4 Å². The number of ketones is 1. The number of nitriles is 1. The van der Waals surface area contributed by atoms with Crippen LogP contribution in [0.1, 0.15) is 21.5 Å². The number of Topliss-reactive ketones (excluding diaryl/α,β-unsaturated/α-hetero) is 1. The maximum absolute atomic E-state index is 14.0. The van der Waals surface area contributed by atoms with Crippen molar-refractivity contribution < 1.29 is 9.18 Å². The van der Waals surface area contributed by atoms with Gasteiger partial charge < -0.3 is 5.32 Å². The van der Waals surface area contributed by atoms with Crippen LogP contribution in [0.25, 0.3) is 5.70 Å². The first-order valence-corrected chi connectivity index (χ1v) is 8.61. The number of aryl methyl sites for hydroxylation is 1. The molecule has 2 aromatic rings. The molecule has 0 unspecified atom stereocenters. The van der Waals surface area contributed by atoms with E-state index in [-0.39, 0.29) is 16.2 Å². The molecule has 1 aliphatic rings. The largest absolute Gasteiger partial charge is 0.348 e. The fourth-order valence-corrected chi connectivity index (χ4v) is 3.57. The lowest BCUT2D eigenvalue weighted by molar-refractivity contribution is 0.103. The zero-order valence-electron chi connectivity index (χ0n) is 13.1. The van der Waals surface area contributed by atoms with Gasteiger partial charge in [0.05, 0.1) is 21.3 Å². The quantitative estimate of drug-likeness (QED) is 0.467. The molecule has 0 atom stereocenters. The Morgan fingerprint density at radius 2 is 2.00 bits per heavy atom. The van der Waals surface area contributed by atoms with Crippen LogP contribution < -0.4 is 5.32 Å². The molecule has 0 spiro atoms. The van der Waals surface area contributed by atoms with Crippen LogP contribution in [0.5, 0.6) is 0 Å². The fraction of sp³-hybridized carbons (Fsp3) is 0.0526. The van der Waals surface area contributed by atoms with Gasteiger partial charge in [-0.3, -0.25) is 4.79 Å². The SMILES string of the molecule is Cc1ccccc1C1=CS/C(=C(\C#N)C(=O)c2c(F)cccc2Cl)N1. The minimum absolute atomic E-state index is 0.0200. The molecule has 2 aromatic carbocycles. The number of rotatable bonds is 3. The summed E-state index contributed by atoms with van der Waals surface area (Å²) in [7, 11) is 0. The predicted octanol–water partition coefficient (Wildman–Crippen LogP) is 5.04. The molecule has 0 fully saturated rings. The average molecular weight is 371 g/mol. The highest BCUT2D eigenvalue weighted by atomic mass is 35.5. The van der Waals surface area contributed by atoms with Crippen molar-refractivity contribution in [3.05, 3.63) is 86.0 Å². The molecule has 1 aliphatic heterocycles. The number of hydrogen-bond acceptors (Lipinski definition) is 4. The molecule has 6 heteroatoms. The van der Waals surface area contributed by atoms with Gasteiger partial charge in [0.1, 0.15) is 17.5 Å². The Kier molecular flexibility index (Phi) is 4.93. The Labute approximate surface area is 153 Å². The fourth-order valence-electron chi connectivity index (χ4n) is 2.47. The van der Waals surface area contributed by atoms with Crippen molar-refractivity contribution in [1.82, 2.24) is 5.32 Å². The van der Waals surface area contributed by atoms with Crippen LogP contribution in [-0.2, 0) is 0 Å². The lowest BCUT2D eigenvalue weighted by atomic mass is 10.0. The van der Waals surface area contributed by atoms with Crippen molar-refractivity contribution in [3.8, 4) is 6.07 Å². The highest BCUT2D eigenvalue weighted by Gasteiger charge is 2.26. The van der Waals surface area contributed by atoms with Gasteiger partial charge in [0.15, 0.2) is 0 Å². The topological polar surface area (TPSA) is 52.9 Å². The van der Waals surface area contributed by atoms with Crippen LogP contribution in [-0.4, -0.2) is 5.78 Å². The van der Waals surface area contributed by atoms with E-state index in [1.807, 2.05) is 42.7 Å². The monoisotopic (exact) mass is 370 g/mol. The smallest absolute Gasteiger partial charge is 0.210 e. The number of allylic oxidation sites excluding steroid dienone is 1. The minimum Gasteiger partial charge on any atom is -0.348 e. The third-order valence-corrected chi connectivity index (χ3v) is 4.94. The summed E-state index contributed by atoms with van der Waals surface area (Å²) in [6.07, 6.45) is 0. The molecule has 0 saturated carbocycles. The molecule has 0 saturated heterocycles. The van der Waals surface area contributed by atoms with E-state index in [0.29, 0.717) is 5.03 Å². The molecule has 0 aromatic heterocycles. The summed E-state index contributed by atoms with van der Waals surface area (Å²) in [4.78, 5) is 12.6. The Morgan fingerprint density at radius 1 is 1.24 bits per heavy atom. The summed E-state index contributed by atoms with van der Waals surface area (Å²) in [6.45, 7) is 1.97. The van der Waals surface area contributed by atoms with Gasteiger partial charge in [-0.25, -0.2) is 4.39 Å². The molecule has 1 heterocycles. The third kappa shape index (κ3) is 3.32. The van der Waals surface area contributed by atoms with Gasteiger partial charge in [0.25, 0.3) is 0 Å². The maximum Gasteiger partial charge on any atom is 0.210 e. The van der Waals surface area contributed by atoms with Gasteiger partial charge in [-0.2, -0.15) is 5.26 Å². The molecule has 3 nitrogen and oxygen atoms in total. The highest BCUT2D eigenvalue weighted by Crippen LogP contribution is 2.34. The second-order valence-corrected chi connectivity index (χ2v) is 6.62. The molecule has 0 radical (unpaired) electrons. The van der Waals surface area contributed by atoms with E-state index >= 15 is 0 Å². The zero-order chi connectivity index (χ0) is 18.0. The summed E-state index contributed by atoms with van der Waals surface area (Å²) < 4.78 is 14.0. The number of nitrogens with one attached hydrogen (secondary N) is 1.